The monoisotopic (exact) mass is 182 g/mol. The molecule has 0 fully saturated rings. The number of rotatable bonds is 4. The molecule has 13 heavy (non-hydrogen) atoms. The van der Waals surface area contributed by atoms with E-state index in [2.05, 4.69) is 35.5 Å². The van der Waals surface area contributed by atoms with Crippen molar-refractivity contribution in [2.45, 2.75) is 39.2 Å². The molecule has 1 heterocycles. The lowest BCUT2D eigenvalue weighted by molar-refractivity contribution is 0.416. The summed E-state index contributed by atoms with van der Waals surface area (Å²) in [7, 11) is 0. The van der Waals surface area contributed by atoms with Crippen molar-refractivity contribution in [3.8, 4) is 0 Å². The second-order valence-corrected chi connectivity index (χ2v) is 3.56. The summed E-state index contributed by atoms with van der Waals surface area (Å²) in [6.07, 6.45) is 2.75. The van der Waals surface area contributed by atoms with Crippen LogP contribution in [0.4, 0.5) is 0 Å². The van der Waals surface area contributed by atoms with Crippen molar-refractivity contribution in [3.05, 3.63) is 12.2 Å². The third kappa shape index (κ3) is 1.72. The Morgan fingerprint density at radius 3 is 2.69 bits per heavy atom. The summed E-state index contributed by atoms with van der Waals surface area (Å²) in [4.78, 5) is 0. The zero-order valence-electron chi connectivity index (χ0n) is 8.62. The molecule has 1 aromatic rings. The number of nitrogens with two attached hydrogens (primary N) is 1. The SMILES string of the molecule is CCn1cnnc1C(C)(CC)CN. The molecule has 1 rings (SSSR count). The maximum absolute atomic E-state index is 5.75. The van der Waals surface area contributed by atoms with Crippen LogP contribution in [0.15, 0.2) is 6.33 Å². The average molecular weight is 182 g/mol. The van der Waals surface area contributed by atoms with Crippen LogP contribution in [0.3, 0.4) is 0 Å². The van der Waals surface area contributed by atoms with E-state index in [4.69, 9.17) is 5.73 Å². The Bertz CT molecular complexity index is 262. The zero-order valence-corrected chi connectivity index (χ0v) is 8.62. The summed E-state index contributed by atoms with van der Waals surface area (Å²) in [5.41, 5.74) is 5.72. The maximum atomic E-state index is 5.75. The molecule has 0 saturated heterocycles. The van der Waals surface area contributed by atoms with E-state index >= 15 is 0 Å². The van der Waals surface area contributed by atoms with Crippen LogP contribution >= 0.6 is 0 Å². The standard InChI is InChI=1S/C9H18N4/c1-4-9(3,6-10)8-12-11-7-13(8)5-2/h7H,4-6,10H2,1-3H3. The van der Waals surface area contributed by atoms with Crippen LogP contribution in [0.2, 0.25) is 0 Å². The highest BCUT2D eigenvalue weighted by atomic mass is 15.3. The fourth-order valence-electron chi connectivity index (χ4n) is 1.35. The molecule has 2 N–H and O–H groups in total. The first-order chi connectivity index (χ1) is 6.18. The summed E-state index contributed by atoms with van der Waals surface area (Å²) in [6, 6.07) is 0. The Balaban J connectivity index is 3.03. The van der Waals surface area contributed by atoms with Crippen molar-refractivity contribution >= 4 is 0 Å². The number of aryl methyl sites for hydroxylation is 1. The van der Waals surface area contributed by atoms with Gasteiger partial charge in [-0.25, -0.2) is 0 Å². The molecule has 0 bridgehead atoms. The van der Waals surface area contributed by atoms with Gasteiger partial charge in [0.15, 0.2) is 0 Å². The minimum absolute atomic E-state index is 0.0352. The zero-order chi connectivity index (χ0) is 9.90. The van der Waals surface area contributed by atoms with E-state index in [-0.39, 0.29) is 5.41 Å². The van der Waals surface area contributed by atoms with Gasteiger partial charge in [0.1, 0.15) is 12.2 Å². The molecule has 1 atom stereocenters. The largest absolute Gasteiger partial charge is 0.329 e. The van der Waals surface area contributed by atoms with Crippen molar-refractivity contribution in [1.82, 2.24) is 14.8 Å². The van der Waals surface area contributed by atoms with Gasteiger partial charge in [0, 0.05) is 18.5 Å². The number of hydrogen-bond acceptors (Lipinski definition) is 3. The third-order valence-corrected chi connectivity index (χ3v) is 2.73. The van der Waals surface area contributed by atoms with Crippen LogP contribution in [0.25, 0.3) is 0 Å². The molecule has 0 aliphatic heterocycles. The first-order valence-corrected chi connectivity index (χ1v) is 4.76. The third-order valence-electron chi connectivity index (χ3n) is 2.73. The molecular formula is C9H18N4. The predicted molar refractivity (Wildman–Crippen MR) is 52.4 cm³/mol. The molecule has 0 amide bonds. The Hall–Kier alpha value is -0.900. The lowest BCUT2D eigenvalue weighted by Gasteiger charge is -2.25. The van der Waals surface area contributed by atoms with E-state index in [1.807, 2.05) is 0 Å². The maximum Gasteiger partial charge on any atom is 0.140 e. The van der Waals surface area contributed by atoms with Crippen molar-refractivity contribution in [1.29, 1.82) is 0 Å². The molecule has 1 unspecified atom stereocenters. The minimum atomic E-state index is -0.0352. The highest BCUT2D eigenvalue weighted by molar-refractivity contribution is 5.06. The predicted octanol–water partition coefficient (Wildman–Crippen LogP) is 0.924. The van der Waals surface area contributed by atoms with Crippen LogP contribution < -0.4 is 5.73 Å². The van der Waals surface area contributed by atoms with Gasteiger partial charge in [-0.2, -0.15) is 0 Å². The highest BCUT2D eigenvalue weighted by Gasteiger charge is 2.27. The Morgan fingerprint density at radius 2 is 2.23 bits per heavy atom. The van der Waals surface area contributed by atoms with E-state index in [1.54, 1.807) is 6.33 Å². The first-order valence-electron chi connectivity index (χ1n) is 4.76. The van der Waals surface area contributed by atoms with E-state index in [0.29, 0.717) is 6.54 Å². The molecule has 0 aliphatic carbocycles. The summed E-state index contributed by atoms with van der Waals surface area (Å²) < 4.78 is 2.05. The van der Waals surface area contributed by atoms with Crippen LogP contribution in [0.1, 0.15) is 33.0 Å². The average Bonchev–Trinajstić information content (AvgIpc) is 2.65. The molecule has 74 valence electrons. The van der Waals surface area contributed by atoms with E-state index in [0.717, 1.165) is 18.8 Å². The van der Waals surface area contributed by atoms with Crippen LogP contribution in [0, 0.1) is 0 Å². The topological polar surface area (TPSA) is 56.7 Å². The van der Waals surface area contributed by atoms with Gasteiger partial charge in [-0.15, -0.1) is 10.2 Å². The Morgan fingerprint density at radius 1 is 1.54 bits per heavy atom. The quantitative estimate of drug-likeness (QED) is 0.753. The summed E-state index contributed by atoms with van der Waals surface area (Å²) >= 11 is 0. The van der Waals surface area contributed by atoms with Gasteiger partial charge in [-0.05, 0) is 13.3 Å². The minimum Gasteiger partial charge on any atom is -0.329 e. The Kier molecular flexibility index (Phi) is 3.03. The van der Waals surface area contributed by atoms with Gasteiger partial charge in [-0.1, -0.05) is 13.8 Å². The second-order valence-electron chi connectivity index (χ2n) is 3.56. The summed E-state index contributed by atoms with van der Waals surface area (Å²) in [5.74, 6) is 1.00. The normalized spacial score (nSPS) is 15.7. The molecular weight excluding hydrogens is 164 g/mol. The highest BCUT2D eigenvalue weighted by Crippen LogP contribution is 2.23. The fraction of sp³-hybridized carbons (Fsp3) is 0.778. The van der Waals surface area contributed by atoms with Gasteiger partial charge in [-0.3, -0.25) is 0 Å². The summed E-state index contributed by atoms with van der Waals surface area (Å²) in [6.45, 7) is 7.85. The number of nitrogens with zero attached hydrogens (tertiary/aromatic N) is 3. The summed E-state index contributed by atoms with van der Waals surface area (Å²) in [5, 5.41) is 8.05. The van der Waals surface area contributed by atoms with E-state index in [1.165, 1.54) is 0 Å². The molecule has 4 heteroatoms. The van der Waals surface area contributed by atoms with Crippen LogP contribution in [0.5, 0.6) is 0 Å². The molecule has 0 spiro atoms. The van der Waals surface area contributed by atoms with Gasteiger partial charge in [0.2, 0.25) is 0 Å². The van der Waals surface area contributed by atoms with Crippen molar-refractivity contribution in [3.63, 3.8) is 0 Å². The molecule has 0 radical (unpaired) electrons. The molecule has 0 saturated carbocycles. The smallest absolute Gasteiger partial charge is 0.140 e. The van der Waals surface area contributed by atoms with Gasteiger partial charge >= 0.3 is 0 Å². The molecule has 1 aromatic heterocycles. The van der Waals surface area contributed by atoms with Crippen molar-refractivity contribution in [2.75, 3.05) is 6.54 Å². The lowest BCUT2D eigenvalue weighted by Crippen LogP contribution is -2.34. The van der Waals surface area contributed by atoms with E-state index in [9.17, 15) is 0 Å². The molecule has 0 aromatic carbocycles. The second kappa shape index (κ2) is 3.87. The van der Waals surface area contributed by atoms with Gasteiger partial charge in [0.05, 0.1) is 0 Å². The van der Waals surface area contributed by atoms with Crippen molar-refractivity contribution in [2.24, 2.45) is 5.73 Å². The molecule has 4 nitrogen and oxygen atoms in total. The fourth-order valence-corrected chi connectivity index (χ4v) is 1.35. The van der Waals surface area contributed by atoms with Gasteiger partial charge < -0.3 is 10.3 Å². The molecule has 0 aliphatic rings. The van der Waals surface area contributed by atoms with Gasteiger partial charge in [0.25, 0.3) is 0 Å². The van der Waals surface area contributed by atoms with Crippen LogP contribution in [-0.2, 0) is 12.0 Å². The number of hydrogen-bond donors (Lipinski definition) is 1. The van der Waals surface area contributed by atoms with E-state index < -0.39 is 0 Å². The van der Waals surface area contributed by atoms with Crippen LogP contribution in [-0.4, -0.2) is 21.3 Å². The lowest BCUT2D eigenvalue weighted by atomic mass is 9.87. The van der Waals surface area contributed by atoms with Crippen molar-refractivity contribution < 1.29 is 0 Å². The Labute approximate surface area is 79.2 Å². The first kappa shape index (κ1) is 10.2. The number of aromatic nitrogens is 3.